The normalized spacial score (nSPS) is 15.2. The predicted molar refractivity (Wildman–Crippen MR) is 58.5 cm³/mol. The molecule has 0 aliphatic rings. The van der Waals surface area contributed by atoms with Gasteiger partial charge in [-0.2, -0.15) is 0 Å². The van der Waals surface area contributed by atoms with Crippen molar-refractivity contribution in [2.75, 3.05) is 34.3 Å². The van der Waals surface area contributed by atoms with Crippen LogP contribution in [0.25, 0.3) is 0 Å². The monoisotopic (exact) mass is 204 g/mol. The molecule has 5 nitrogen and oxygen atoms in total. The van der Waals surface area contributed by atoms with Gasteiger partial charge in [-0.05, 0) is 35.0 Å². The minimum absolute atomic E-state index is 0.375. The van der Waals surface area contributed by atoms with Crippen LogP contribution >= 0.6 is 0 Å². The van der Waals surface area contributed by atoms with Gasteiger partial charge in [-0.25, -0.2) is 0 Å². The maximum absolute atomic E-state index is 5.48. The lowest BCUT2D eigenvalue weighted by Gasteiger charge is -2.30. The lowest BCUT2D eigenvalue weighted by Crippen LogP contribution is -2.50. The highest BCUT2D eigenvalue weighted by Gasteiger charge is 2.14. The fourth-order valence-electron chi connectivity index (χ4n) is 0.991. The van der Waals surface area contributed by atoms with E-state index in [4.69, 9.17) is 16.2 Å². The zero-order valence-electron chi connectivity index (χ0n) is 9.95. The molecule has 0 saturated heterocycles. The molecule has 5 heteroatoms. The van der Waals surface area contributed by atoms with Gasteiger partial charge < -0.3 is 4.74 Å². The summed E-state index contributed by atoms with van der Waals surface area (Å²) in [6.07, 6.45) is 0.375. The van der Waals surface area contributed by atoms with Gasteiger partial charge >= 0.3 is 0 Å². The first-order valence-electron chi connectivity index (χ1n) is 4.82. The van der Waals surface area contributed by atoms with Crippen LogP contribution in [0.1, 0.15) is 13.8 Å². The van der Waals surface area contributed by atoms with E-state index in [1.807, 2.05) is 21.1 Å². The molecular weight excluding hydrogens is 180 g/mol. The summed E-state index contributed by atoms with van der Waals surface area (Å²) in [4.78, 5) is 4.30. The van der Waals surface area contributed by atoms with E-state index in [0.717, 1.165) is 6.54 Å². The van der Waals surface area contributed by atoms with E-state index in [0.29, 0.717) is 12.8 Å². The zero-order valence-corrected chi connectivity index (χ0v) is 9.95. The molecule has 0 rings (SSSR count). The summed E-state index contributed by atoms with van der Waals surface area (Å²) in [5.41, 5.74) is 11.0. The number of nitrogens with two attached hydrogens (primary N) is 2. The Balaban J connectivity index is 3.69. The Morgan fingerprint density at radius 1 is 1.29 bits per heavy atom. The van der Waals surface area contributed by atoms with Crippen LogP contribution in [0.15, 0.2) is 0 Å². The molecule has 0 aliphatic carbocycles. The Bertz CT molecular complexity index is 155. The summed E-state index contributed by atoms with van der Waals surface area (Å²) in [5.74, 6) is -1.03. The molecular formula is C9H24N4O. The van der Waals surface area contributed by atoms with Gasteiger partial charge in [0.15, 0.2) is 5.85 Å². The van der Waals surface area contributed by atoms with Crippen molar-refractivity contribution >= 4 is 0 Å². The third-order valence-corrected chi connectivity index (χ3v) is 2.24. The van der Waals surface area contributed by atoms with Crippen LogP contribution in [0.2, 0.25) is 0 Å². The number of rotatable bonds is 6. The molecule has 0 amide bonds. The zero-order chi connectivity index (χ0) is 11.4. The van der Waals surface area contributed by atoms with Gasteiger partial charge in [0, 0.05) is 6.54 Å². The van der Waals surface area contributed by atoms with Crippen molar-refractivity contribution in [1.82, 2.24) is 9.80 Å². The summed E-state index contributed by atoms with van der Waals surface area (Å²) in [6, 6.07) is 0. The second-order valence-electron chi connectivity index (χ2n) is 4.11. The first-order valence-corrected chi connectivity index (χ1v) is 4.82. The van der Waals surface area contributed by atoms with E-state index in [1.165, 1.54) is 0 Å². The number of hydrogen-bond donors (Lipinski definition) is 2. The smallest absolute Gasteiger partial charge is 0.166 e. The van der Waals surface area contributed by atoms with Crippen molar-refractivity contribution in [3.8, 4) is 0 Å². The van der Waals surface area contributed by atoms with Crippen molar-refractivity contribution < 1.29 is 4.74 Å². The van der Waals surface area contributed by atoms with E-state index >= 15 is 0 Å². The average molecular weight is 204 g/mol. The Morgan fingerprint density at radius 2 is 1.79 bits per heavy atom. The summed E-state index contributed by atoms with van der Waals surface area (Å²) < 4.78 is 5.23. The predicted octanol–water partition coefficient (Wildman–Crippen LogP) is -0.566. The van der Waals surface area contributed by atoms with Crippen LogP contribution in [-0.4, -0.2) is 56.1 Å². The molecule has 1 unspecified atom stereocenters. The lowest BCUT2D eigenvalue weighted by atomic mass is 10.4. The van der Waals surface area contributed by atoms with Crippen molar-refractivity contribution in [2.45, 2.75) is 25.9 Å². The molecule has 0 fully saturated rings. The Labute approximate surface area is 87.0 Å². The maximum atomic E-state index is 5.48. The third kappa shape index (κ3) is 6.28. The second-order valence-corrected chi connectivity index (χ2v) is 4.11. The molecule has 4 N–H and O–H groups in total. The number of likely N-dealkylation sites (N-methyl/N-ethyl adjacent to an activating group) is 1. The van der Waals surface area contributed by atoms with Crippen molar-refractivity contribution in [1.29, 1.82) is 0 Å². The van der Waals surface area contributed by atoms with Crippen LogP contribution < -0.4 is 11.5 Å². The topological polar surface area (TPSA) is 67.8 Å². The standard InChI is InChI=1S/C9H24N4O/c1-8(12(3)4)13(5)6-7-14-9(2,10)11/h8H,6-7,10-11H2,1-5H3. The molecule has 86 valence electrons. The van der Waals surface area contributed by atoms with Crippen molar-refractivity contribution in [2.24, 2.45) is 11.5 Å². The van der Waals surface area contributed by atoms with Crippen LogP contribution in [-0.2, 0) is 4.74 Å². The van der Waals surface area contributed by atoms with E-state index in [1.54, 1.807) is 6.92 Å². The average Bonchev–Trinajstić information content (AvgIpc) is 2.00. The minimum atomic E-state index is -1.03. The summed E-state index contributed by atoms with van der Waals surface area (Å²) in [6.45, 7) is 5.12. The quantitative estimate of drug-likeness (QED) is 0.567. The van der Waals surface area contributed by atoms with Gasteiger partial charge in [0.25, 0.3) is 0 Å². The van der Waals surface area contributed by atoms with Gasteiger partial charge in [-0.1, -0.05) is 0 Å². The minimum Gasteiger partial charge on any atom is -0.347 e. The van der Waals surface area contributed by atoms with Crippen molar-refractivity contribution in [3.05, 3.63) is 0 Å². The highest BCUT2D eigenvalue weighted by molar-refractivity contribution is 4.61. The van der Waals surface area contributed by atoms with Gasteiger partial charge in [0.2, 0.25) is 0 Å². The number of nitrogens with zero attached hydrogens (tertiary/aromatic N) is 2. The van der Waals surface area contributed by atoms with Crippen LogP contribution in [0, 0.1) is 0 Å². The van der Waals surface area contributed by atoms with E-state index in [2.05, 4.69) is 16.7 Å². The Morgan fingerprint density at radius 3 is 2.14 bits per heavy atom. The molecule has 14 heavy (non-hydrogen) atoms. The highest BCUT2D eigenvalue weighted by Crippen LogP contribution is 1.99. The summed E-state index contributed by atoms with van der Waals surface area (Å²) in [7, 11) is 6.12. The SMILES string of the molecule is CC(N(C)C)N(C)CCOC(C)(N)N. The lowest BCUT2D eigenvalue weighted by molar-refractivity contribution is -0.0370. The first-order chi connectivity index (χ1) is 6.24. The fourth-order valence-corrected chi connectivity index (χ4v) is 0.991. The molecule has 0 saturated carbocycles. The molecule has 0 aromatic carbocycles. The third-order valence-electron chi connectivity index (χ3n) is 2.24. The van der Waals surface area contributed by atoms with E-state index in [9.17, 15) is 0 Å². The highest BCUT2D eigenvalue weighted by atomic mass is 16.5. The number of ether oxygens (including phenoxy) is 1. The van der Waals surface area contributed by atoms with Gasteiger partial charge in [-0.15, -0.1) is 0 Å². The van der Waals surface area contributed by atoms with Crippen LogP contribution in [0.3, 0.4) is 0 Å². The molecule has 0 aromatic heterocycles. The van der Waals surface area contributed by atoms with Gasteiger partial charge in [-0.3, -0.25) is 21.3 Å². The molecule has 0 aromatic rings. The summed E-state index contributed by atoms with van der Waals surface area (Å²) >= 11 is 0. The Kier molecular flexibility index (Phi) is 5.54. The van der Waals surface area contributed by atoms with E-state index < -0.39 is 5.85 Å². The molecule has 0 spiro atoms. The van der Waals surface area contributed by atoms with Crippen LogP contribution in [0.4, 0.5) is 0 Å². The van der Waals surface area contributed by atoms with Gasteiger partial charge in [0.1, 0.15) is 0 Å². The first kappa shape index (κ1) is 13.8. The molecule has 0 radical (unpaired) electrons. The molecule has 1 atom stereocenters. The second kappa shape index (κ2) is 5.63. The molecule has 0 heterocycles. The number of hydrogen-bond acceptors (Lipinski definition) is 5. The van der Waals surface area contributed by atoms with Crippen LogP contribution in [0.5, 0.6) is 0 Å². The molecule has 0 bridgehead atoms. The summed E-state index contributed by atoms with van der Waals surface area (Å²) in [5, 5.41) is 0. The fraction of sp³-hybridized carbons (Fsp3) is 1.00. The van der Waals surface area contributed by atoms with Crippen molar-refractivity contribution in [3.63, 3.8) is 0 Å². The van der Waals surface area contributed by atoms with Gasteiger partial charge in [0.05, 0.1) is 12.8 Å². The largest absolute Gasteiger partial charge is 0.347 e. The Hall–Kier alpha value is -0.200. The maximum Gasteiger partial charge on any atom is 0.166 e. The van der Waals surface area contributed by atoms with E-state index in [-0.39, 0.29) is 0 Å². The molecule has 0 aliphatic heterocycles.